The number of nitrogens with zero attached hydrogens (tertiary/aromatic N) is 3. The molecule has 0 amide bonds. The second-order valence-corrected chi connectivity index (χ2v) is 5.15. The summed E-state index contributed by atoms with van der Waals surface area (Å²) in [6, 6.07) is 0. The predicted octanol–water partition coefficient (Wildman–Crippen LogP) is 1.12. The zero-order valence-corrected chi connectivity index (χ0v) is 11.2. The summed E-state index contributed by atoms with van der Waals surface area (Å²) in [5.74, 6) is 1.72. The van der Waals surface area contributed by atoms with Gasteiger partial charge in [0.15, 0.2) is 5.82 Å². The number of aliphatic hydroxyl groups excluding tert-OH is 1. The minimum absolute atomic E-state index is 0.392. The fraction of sp³-hybridized carbons (Fsp3) is 0.833. The summed E-state index contributed by atoms with van der Waals surface area (Å²) in [6.07, 6.45) is 1.59. The van der Waals surface area contributed by atoms with Gasteiger partial charge in [0, 0.05) is 13.0 Å². The molecule has 1 aromatic heterocycles. The highest BCUT2D eigenvalue weighted by Gasteiger charge is 2.13. The maximum absolute atomic E-state index is 9.76. The van der Waals surface area contributed by atoms with Crippen molar-refractivity contribution in [3.05, 3.63) is 11.7 Å². The standard InChI is InChI=1S/C12H23N3O2/c1-9(2)7-10(16)8-12-13-11(14-17-12)5-6-15(3)4/h9-10,16H,5-8H2,1-4H3. The van der Waals surface area contributed by atoms with Gasteiger partial charge >= 0.3 is 0 Å². The van der Waals surface area contributed by atoms with Crippen molar-refractivity contribution in [3.63, 3.8) is 0 Å². The molecule has 0 saturated heterocycles. The lowest BCUT2D eigenvalue weighted by Crippen LogP contribution is -2.16. The van der Waals surface area contributed by atoms with Gasteiger partial charge < -0.3 is 14.5 Å². The van der Waals surface area contributed by atoms with Gasteiger partial charge in [-0.2, -0.15) is 4.98 Å². The molecule has 0 aliphatic heterocycles. The van der Waals surface area contributed by atoms with Gasteiger partial charge in [-0.1, -0.05) is 19.0 Å². The number of aromatic nitrogens is 2. The third-order valence-corrected chi connectivity index (χ3v) is 2.45. The van der Waals surface area contributed by atoms with Crippen LogP contribution in [0.1, 0.15) is 32.0 Å². The van der Waals surface area contributed by atoms with Crippen LogP contribution >= 0.6 is 0 Å². The van der Waals surface area contributed by atoms with Crippen LogP contribution in [0.2, 0.25) is 0 Å². The highest BCUT2D eigenvalue weighted by molar-refractivity contribution is 4.89. The molecule has 0 saturated carbocycles. The largest absolute Gasteiger partial charge is 0.393 e. The van der Waals surface area contributed by atoms with E-state index in [1.165, 1.54) is 0 Å². The van der Waals surface area contributed by atoms with Gasteiger partial charge in [0.25, 0.3) is 0 Å². The van der Waals surface area contributed by atoms with E-state index in [0.29, 0.717) is 24.1 Å². The van der Waals surface area contributed by atoms with Crippen LogP contribution in [0.25, 0.3) is 0 Å². The molecule has 1 N–H and O–H groups in total. The first-order chi connectivity index (χ1) is 7.97. The van der Waals surface area contributed by atoms with Crippen molar-refractivity contribution in [2.24, 2.45) is 5.92 Å². The van der Waals surface area contributed by atoms with E-state index in [1.807, 2.05) is 14.1 Å². The fourth-order valence-corrected chi connectivity index (χ4v) is 1.63. The molecule has 0 aliphatic rings. The lowest BCUT2D eigenvalue weighted by molar-refractivity contribution is 0.138. The van der Waals surface area contributed by atoms with Crippen LogP contribution < -0.4 is 0 Å². The summed E-state index contributed by atoms with van der Waals surface area (Å²) >= 11 is 0. The maximum Gasteiger partial charge on any atom is 0.229 e. The molecule has 0 radical (unpaired) electrons. The Balaban J connectivity index is 2.39. The Hall–Kier alpha value is -0.940. The van der Waals surface area contributed by atoms with Crippen molar-refractivity contribution in [2.75, 3.05) is 20.6 Å². The van der Waals surface area contributed by atoms with E-state index in [-0.39, 0.29) is 0 Å². The van der Waals surface area contributed by atoms with Crippen LogP contribution in [0.4, 0.5) is 0 Å². The van der Waals surface area contributed by atoms with Crippen molar-refractivity contribution in [2.45, 2.75) is 39.2 Å². The zero-order chi connectivity index (χ0) is 12.8. The summed E-state index contributed by atoms with van der Waals surface area (Å²) in [5, 5.41) is 13.7. The average molecular weight is 241 g/mol. The molecular formula is C12H23N3O2. The molecule has 5 nitrogen and oxygen atoms in total. The van der Waals surface area contributed by atoms with E-state index in [9.17, 15) is 5.11 Å². The van der Waals surface area contributed by atoms with Crippen LogP contribution in [-0.2, 0) is 12.8 Å². The van der Waals surface area contributed by atoms with E-state index < -0.39 is 6.10 Å². The van der Waals surface area contributed by atoms with Gasteiger partial charge in [-0.05, 0) is 26.4 Å². The highest BCUT2D eigenvalue weighted by atomic mass is 16.5. The molecule has 1 aromatic rings. The number of hydrogen-bond donors (Lipinski definition) is 1. The molecule has 1 rings (SSSR count). The van der Waals surface area contributed by atoms with Crippen LogP contribution in [0, 0.1) is 5.92 Å². The van der Waals surface area contributed by atoms with Crippen molar-refractivity contribution >= 4 is 0 Å². The molecule has 0 aliphatic carbocycles. The number of hydrogen-bond acceptors (Lipinski definition) is 5. The van der Waals surface area contributed by atoms with Gasteiger partial charge in [-0.3, -0.25) is 0 Å². The first-order valence-electron chi connectivity index (χ1n) is 6.11. The molecule has 5 heteroatoms. The molecule has 1 unspecified atom stereocenters. The Labute approximate surface area is 103 Å². The molecule has 1 atom stereocenters. The molecule has 0 aromatic carbocycles. The summed E-state index contributed by atoms with van der Waals surface area (Å²) in [5.41, 5.74) is 0. The third-order valence-electron chi connectivity index (χ3n) is 2.45. The van der Waals surface area contributed by atoms with Gasteiger partial charge in [-0.15, -0.1) is 0 Å². The summed E-state index contributed by atoms with van der Waals surface area (Å²) in [4.78, 5) is 6.34. The summed E-state index contributed by atoms with van der Waals surface area (Å²) in [7, 11) is 4.01. The molecule has 98 valence electrons. The van der Waals surface area contributed by atoms with Crippen LogP contribution in [0.5, 0.6) is 0 Å². The van der Waals surface area contributed by atoms with Gasteiger partial charge in [0.05, 0.1) is 12.5 Å². The SMILES string of the molecule is CC(C)CC(O)Cc1nc(CCN(C)C)no1. The van der Waals surface area contributed by atoms with Gasteiger partial charge in [0.1, 0.15) is 0 Å². The van der Waals surface area contributed by atoms with E-state index in [4.69, 9.17) is 4.52 Å². The van der Waals surface area contributed by atoms with Crippen molar-refractivity contribution in [1.29, 1.82) is 0 Å². The van der Waals surface area contributed by atoms with Crippen LogP contribution in [0.3, 0.4) is 0 Å². The number of likely N-dealkylation sites (N-methyl/N-ethyl adjacent to an activating group) is 1. The Morgan fingerprint density at radius 3 is 2.65 bits per heavy atom. The van der Waals surface area contributed by atoms with E-state index in [0.717, 1.165) is 19.4 Å². The zero-order valence-electron chi connectivity index (χ0n) is 11.2. The van der Waals surface area contributed by atoms with Crippen LogP contribution in [-0.4, -0.2) is 46.9 Å². The lowest BCUT2D eigenvalue weighted by Gasteiger charge is -2.09. The second-order valence-electron chi connectivity index (χ2n) is 5.15. The van der Waals surface area contributed by atoms with Gasteiger partial charge in [0.2, 0.25) is 5.89 Å². The lowest BCUT2D eigenvalue weighted by atomic mass is 10.0. The topological polar surface area (TPSA) is 62.4 Å². The Bertz CT molecular complexity index is 323. The maximum atomic E-state index is 9.76. The van der Waals surface area contributed by atoms with Crippen LogP contribution in [0.15, 0.2) is 4.52 Å². The van der Waals surface area contributed by atoms with Gasteiger partial charge in [-0.25, -0.2) is 0 Å². The molecule has 0 fully saturated rings. The van der Waals surface area contributed by atoms with E-state index in [2.05, 4.69) is 28.9 Å². The molecular weight excluding hydrogens is 218 g/mol. The predicted molar refractivity (Wildman–Crippen MR) is 65.7 cm³/mol. The fourth-order valence-electron chi connectivity index (χ4n) is 1.63. The second kappa shape index (κ2) is 6.71. The smallest absolute Gasteiger partial charge is 0.229 e. The summed E-state index contributed by atoms with van der Waals surface area (Å²) in [6.45, 7) is 5.06. The van der Waals surface area contributed by atoms with E-state index >= 15 is 0 Å². The van der Waals surface area contributed by atoms with Crippen molar-refractivity contribution in [1.82, 2.24) is 15.0 Å². The minimum Gasteiger partial charge on any atom is -0.393 e. The van der Waals surface area contributed by atoms with Crippen molar-refractivity contribution in [3.8, 4) is 0 Å². The first-order valence-corrected chi connectivity index (χ1v) is 6.11. The third kappa shape index (κ3) is 5.79. The average Bonchev–Trinajstić information content (AvgIpc) is 2.61. The van der Waals surface area contributed by atoms with E-state index in [1.54, 1.807) is 0 Å². The Kier molecular flexibility index (Phi) is 5.58. The Morgan fingerprint density at radius 2 is 2.06 bits per heavy atom. The number of rotatable bonds is 7. The molecule has 17 heavy (non-hydrogen) atoms. The minimum atomic E-state index is -0.392. The molecule has 0 bridgehead atoms. The molecule has 1 heterocycles. The highest BCUT2D eigenvalue weighted by Crippen LogP contribution is 2.09. The number of aliphatic hydroxyl groups is 1. The summed E-state index contributed by atoms with van der Waals surface area (Å²) < 4.78 is 5.11. The normalized spacial score (nSPS) is 13.6. The van der Waals surface area contributed by atoms with Crippen molar-refractivity contribution < 1.29 is 9.63 Å². The Morgan fingerprint density at radius 1 is 1.35 bits per heavy atom. The first kappa shape index (κ1) is 14.1. The molecule has 0 spiro atoms. The quantitative estimate of drug-likeness (QED) is 0.775. The monoisotopic (exact) mass is 241 g/mol.